The number of hydrogen-bond donors (Lipinski definition) is 4. The standard InChI is InChI=1S/C22H23N5O5S/c1-12-19(20(31)32)33-22(23-12)26-21-24-16(14-4-2-13(3-5-14)10-18(29)30)11-17(25-21)27-8-6-15(28)7-9-27/h2-5,11,15,28H,6-10H2,1H3,(H,29,30)(H,31,32)(H,23,24,25,26). The third kappa shape index (κ3) is 5.44. The first-order valence-corrected chi connectivity index (χ1v) is 11.2. The maximum atomic E-state index is 11.4. The van der Waals surface area contributed by atoms with Crippen LogP contribution in [0.5, 0.6) is 0 Å². The van der Waals surface area contributed by atoms with Gasteiger partial charge in [-0.25, -0.2) is 14.8 Å². The van der Waals surface area contributed by atoms with Crippen LogP contribution in [0.4, 0.5) is 16.9 Å². The van der Waals surface area contributed by atoms with Crippen LogP contribution in [0.1, 0.15) is 33.8 Å². The summed E-state index contributed by atoms with van der Waals surface area (Å²) in [4.78, 5) is 38.0. The van der Waals surface area contributed by atoms with Gasteiger partial charge in [0, 0.05) is 24.7 Å². The maximum Gasteiger partial charge on any atom is 0.347 e. The average Bonchev–Trinajstić information content (AvgIpc) is 3.14. The van der Waals surface area contributed by atoms with E-state index in [2.05, 4.69) is 25.2 Å². The van der Waals surface area contributed by atoms with Crippen LogP contribution < -0.4 is 10.2 Å². The average molecular weight is 470 g/mol. The number of aromatic carboxylic acids is 1. The van der Waals surface area contributed by atoms with Crippen molar-refractivity contribution in [2.24, 2.45) is 0 Å². The SMILES string of the molecule is Cc1nc(Nc2nc(-c3ccc(CC(=O)O)cc3)cc(N3CCC(O)CC3)n2)sc1C(=O)O. The second-order valence-corrected chi connectivity index (χ2v) is 8.78. The molecule has 4 rings (SSSR count). The van der Waals surface area contributed by atoms with Gasteiger partial charge in [-0.3, -0.25) is 10.1 Å². The normalized spacial score (nSPS) is 14.3. The van der Waals surface area contributed by atoms with E-state index in [0.717, 1.165) is 16.9 Å². The number of aromatic nitrogens is 3. The maximum absolute atomic E-state index is 11.4. The monoisotopic (exact) mass is 469 g/mol. The molecule has 0 amide bonds. The van der Waals surface area contributed by atoms with E-state index in [-0.39, 0.29) is 23.4 Å². The van der Waals surface area contributed by atoms with E-state index >= 15 is 0 Å². The summed E-state index contributed by atoms with van der Waals surface area (Å²) >= 11 is 1.01. The minimum Gasteiger partial charge on any atom is -0.481 e. The molecule has 0 atom stereocenters. The third-order valence-electron chi connectivity index (χ3n) is 5.32. The molecule has 1 fully saturated rings. The number of aryl methyl sites for hydroxylation is 1. The number of carboxylic acids is 2. The van der Waals surface area contributed by atoms with Crippen molar-refractivity contribution in [2.75, 3.05) is 23.3 Å². The number of aliphatic hydroxyl groups is 1. The number of aliphatic hydroxyl groups excluding tert-OH is 1. The van der Waals surface area contributed by atoms with Crippen LogP contribution in [0, 0.1) is 6.92 Å². The number of carboxylic acid groups (broad SMARTS) is 2. The molecule has 0 spiro atoms. The van der Waals surface area contributed by atoms with Crippen LogP contribution >= 0.6 is 11.3 Å². The second-order valence-electron chi connectivity index (χ2n) is 7.78. The zero-order chi connectivity index (χ0) is 23.5. The van der Waals surface area contributed by atoms with Crippen molar-refractivity contribution < 1.29 is 24.9 Å². The van der Waals surface area contributed by atoms with Gasteiger partial charge in [0.1, 0.15) is 10.7 Å². The van der Waals surface area contributed by atoms with E-state index in [1.54, 1.807) is 19.1 Å². The molecule has 0 aliphatic carbocycles. The molecular weight excluding hydrogens is 446 g/mol. The van der Waals surface area contributed by atoms with Crippen molar-refractivity contribution >= 4 is 40.2 Å². The fourth-order valence-electron chi connectivity index (χ4n) is 3.61. The van der Waals surface area contributed by atoms with Crippen molar-refractivity contribution in [3.8, 4) is 11.3 Å². The summed E-state index contributed by atoms with van der Waals surface area (Å²) in [6, 6.07) is 8.97. The number of piperidine rings is 1. The molecule has 0 bridgehead atoms. The Morgan fingerprint density at radius 1 is 1.12 bits per heavy atom. The second kappa shape index (κ2) is 9.51. The van der Waals surface area contributed by atoms with Gasteiger partial charge in [-0.1, -0.05) is 35.6 Å². The largest absolute Gasteiger partial charge is 0.481 e. The minimum atomic E-state index is -1.04. The van der Waals surface area contributed by atoms with Crippen LogP contribution in [0.2, 0.25) is 0 Å². The molecular formula is C22H23N5O5S. The van der Waals surface area contributed by atoms with Gasteiger partial charge in [-0.15, -0.1) is 0 Å². The highest BCUT2D eigenvalue weighted by atomic mass is 32.1. The van der Waals surface area contributed by atoms with Crippen LogP contribution in [-0.4, -0.2) is 61.4 Å². The molecule has 0 saturated carbocycles. The Labute approximate surface area is 193 Å². The Balaban J connectivity index is 1.68. The first-order chi connectivity index (χ1) is 15.8. The Bertz CT molecular complexity index is 1170. The van der Waals surface area contributed by atoms with Gasteiger partial charge in [0.15, 0.2) is 5.13 Å². The molecule has 11 heteroatoms. The predicted octanol–water partition coefficient (Wildman–Crippen LogP) is 2.94. The molecule has 3 aromatic rings. The first kappa shape index (κ1) is 22.6. The van der Waals surface area contributed by atoms with Gasteiger partial charge in [-0.05, 0) is 25.3 Å². The molecule has 1 aliphatic heterocycles. The Morgan fingerprint density at radius 2 is 1.82 bits per heavy atom. The summed E-state index contributed by atoms with van der Waals surface area (Å²) in [6.45, 7) is 2.92. The quantitative estimate of drug-likeness (QED) is 0.407. The Kier molecular flexibility index (Phi) is 6.52. The van der Waals surface area contributed by atoms with Crippen LogP contribution in [0.25, 0.3) is 11.3 Å². The number of benzene rings is 1. The van der Waals surface area contributed by atoms with Crippen LogP contribution in [-0.2, 0) is 11.2 Å². The van der Waals surface area contributed by atoms with E-state index < -0.39 is 11.9 Å². The zero-order valence-electron chi connectivity index (χ0n) is 17.9. The molecule has 172 valence electrons. The van der Waals surface area contributed by atoms with Crippen molar-refractivity contribution in [1.29, 1.82) is 0 Å². The van der Waals surface area contributed by atoms with Crippen LogP contribution in [0.3, 0.4) is 0 Å². The Hall–Kier alpha value is -3.57. The lowest BCUT2D eigenvalue weighted by molar-refractivity contribution is -0.136. The molecule has 33 heavy (non-hydrogen) atoms. The molecule has 10 nitrogen and oxygen atoms in total. The molecule has 2 aromatic heterocycles. The molecule has 4 N–H and O–H groups in total. The number of carbonyl (C=O) groups is 2. The van der Waals surface area contributed by atoms with Crippen molar-refractivity contribution in [2.45, 2.75) is 32.3 Å². The minimum absolute atomic E-state index is 0.0620. The third-order valence-corrected chi connectivity index (χ3v) is 6.38. The number of rotatable bonds is 7. The Morgan fingerprint density at radius 3 is 2.42 bits per heavy atom. The first-order valence-electron chi connectivity index (χ1n) is 10.4. The van der Waals surface area contributed by atoms with E-state index in [4.69, 9.17) is 5.11 Å². The predicted molar refractivity (Wildman–Crippen MR) is 123 cm³/mol. The van der Waals surface area contributed by atoms with Crippen molar-refractivity contribution in [3.63, 3.8) is 0 Å². The molecule has 1 aliphatic rings. The van der Waals surface area contributed by atoms with E-state index in [0.29, 0.717) is 53.8 Å². The molecule has 1 aromatic carbocycles. The molecule has 0 unspecified atom stereocenters. The topological polar surface area (TPSA) is 149 Å². The van der Waals surface area contributed by atoms with Crippen molar-refractivity contribution in [3.05, 3.63) is 46.5 Å². The lowest BCUT2D eigenvalue weighted by Gasteiger charge is -2.30. The number of nitrogens with one attached hydrogen (secondary N) is 1. The van der Waals surface area contributed by atoms with E-state index in [9.17, 15) is 19.8 Å². The van der Waals surface area contributed by atoms with Gasteiger partial charge >= 0.3 is 11.9 Å². The summed E-state index contributed by atoms with van der Waals surface area (Å²) in [6.07, 6.45) is 0.891. The molecule has 3 heterocycles. The van der Waals surface area contributed by atoms with Crippen molar-refractivity contribution in [1.82, 2.24) is 15.0 Å². The van der Waals surface area contributed by atoms with E-state index in [1.807, 2.05) is 18.2 Å². The highest BCUT2D eigenvalue weighted by Gasteiger charge is 2.21. The summed E-state index contributed by atoms with van der Waals surface area (Å²) in [5, 5.41) is 31.5. The smallest absolute Gasteiger partial charge is 0.347 e. The molecule has 1 saturated heterocycles. The van der Waals surface area contributed by atoms with Gasteiger partial charge in [-0.2, -0.15) is 4.98 Å². The number of anilines is 3. The van der Waals surface area contributed by atoms with E-state index in [1.165, 1.54) is 0 Å². The highest BCUT2D eigenvalue weighted by molar-refractivity contribution is 7.17. The van der Waals surface area contributed by atoms with Gasteiger partial charge < -0.3 is 20.2 Å². The fraction of sp³-hybridized carbons (Fsp3) is 0.318. The number of hydrogen-bond acceptors (Lipinski definition) is 9. The zero-order valence-corrected chi connectivity index (χ0v) is 18.7. The van der Waals surface area contributed by atoms with Gasteiger partial charge in [0.05, 0.1) is 23.9 Å². The number of thiazole rings is 1. The van der Waals surface area contributed by atoms with Gasteiger partial charge in [0.2, 0.25) is 5.95 Å². The number of nitrogens with zero attached hydrogens (tertiary/aromatic N) is 4. The highest BCUT2D eigenvalue weighted by Crippen LogP contribution is 2.29. The van der Waals surface area contributed by atoms with Gasteiger partial charge in [0.25, 0.3) is 0 Å². The summed E-state index contributed by atoms with van der Waals surface area (Å²) < 4.78 is 0. The fourth-order valence-corrected chi connectivity index (χ4v) is 4.41. The molecule has 0 radical (unpaired) electrons. The van der Waals surface area contributed by atoms with Crippen LogP contribution in [0.15, 0.2) is 30.3 Å². The lowest BCUT2D eigenvalue weighted by atomic mass is 10.1. The lowest BCUT2D eigenvalue weighted by Crippen LogP contribution is -2.36. The summed E-state index contributed by atoms with van der Waals surface area (Å²) in [7, 11) is 0. The summed E-state index contributed by atoms with van der Waals surface area (Å²) in [5.41, 5.74) is 2.51. The number of aliphatic carboxylic acids is 1. The summed E-state index contributed by atoms with van der Waals surface area (Å²) in [5.74, 6) is -0.989.